The second-order valence-corrected chi connectivity index (χ2v) is 7.23. The van der Waals surface area contributed by atoms with Crippen molar-refractivity contribution in [1.29, 1.82) is 0 Å². The normalized spacial score (nSPS) is 13.4. The summed E-state index contributed by atoms with van der Waals surface area (Å²) in [5, 5.41) is 7.56. The average Bonchev–Trinajstić information content (AvgIpc) is 3.02. The number of para-hydroxylation sites is 1. The first-order chi connectivity index (χ1) is 13.0. The summed E-state index contributed by atoms with van der Waals surface area (Å²) in [7, 11) is 0. The van der Waals surface area contributed by atoms with Gasteiger partial charge in [-0.3, -0.25) is 0 Å². The molecular weight excluding hydrogens is 336 g/mol. The van der Waals surface area contributed by atoms with E-state index in [0.29, 0.717) is 6.54 Å². The molecule has 2 heterocycles. The van der Waals surface area contributed by atoms with Gasteiger partial charge < -0.3 is 10.2 Å². The van der Waals surface area contributed by atoms with Gasteiger partial charge in [-0.2, -0.15) is 5.10 Å². The summed E-state index contributed by atoms with van der Waals surface area (Å²) in [6.45, 7) is 7.55. The Morgan fingerprint density at radius 2 is 1.89 bits per heavy atom. The highest BCUT2D eigenvalue weighted by molar-refractivity contribution is 5.90. The van der Waals surface area contributed by atoms with Crippen LogP contribution in [0.15, 0.2) is 48.7 Å². The molecule has 2 amide bonds. The largest absolute Gasteiger partial charge is 0.322 e. The minimum atomic E-state index is -0.0736. The van der Waals surface area contributed by atoms with Gasteiger partial charge in [0, 0.05) is 13.1 Å². The zero-order valence-electron chi connectivity index (χ0n) is 16.0. The molecule has 0 spiro atoms. The predicted octanol–water partition coefficient (Wildman–Crippen LogP) is 4.39. The van der Waals surface area contributed by atoms with E-state index < -0.39 is 0 Å². The number of carbonyl (C=O) groups excluding carboxylic acids is 1. The zero-order valence-corrected chi connectivity index (χ0v) is 16.0. The lowest BCUT2D eigenvalue weighted by Gasteiger charge is -2.30. The highest BCUT2D eigenvalue weighted by Crippen LogP contribution is 2.25. The van der Waals surface area contributed by atoms with Crippen molar-refractivity contribution in [1.82, 2.24) is 14.7 Å². The number of aromatic nitrogens is 2. The van der Waals surface area contributed by atoms with Gasteiger partial charge in [0.2, 0.25) is 0 Å². The molecule has 3 aromatic rings. The first kappa shape index (κ1) is 17.3. The van der Waals surface area contributed by atoms with Gasteiger partial charge in [0.1, 0.15) is 0 Å². The molecule has 1 aromatic heterocycles. The number of benzene rings is 2. The van der Waals surface area contributed by atoms with Crippen molar-refractivity contribution in [2.24, 2.45) is 0 Å². The molecule has 5 heteroatoms. The van der Waals surface area contributed by atoms with Gasteiger partial charge in [-0.1, -0.05) is 35.9 Å². The lowest BCUT2D eigenvalue weighted by molar-refractivity contribution is 0.206. The molecule has 0 aliphatic carbocycles. The molecule has 1 aliphatic heterocycles. The van der Waals surface area contributed by atoms with E-state index in [2.05, 4.69) is 36.4 Å². The molecule has 1 N–H and O–H groups in total. The molecule has 0 bridgehead atoms. The Morgan fingerprint density at radius 3 is 2.67 bits per heavy atom. The van der Waals surface area contributed by atoms with Crippen molar-refractivity contribution in [3.63, 3.8) is 0 Å². The third kappa shape index (κ3) is 3.45. The average molecular weight is 360 g/mol. The molecule has 0 fully saturated rings. The van der Waals surface area contributed by atoms with Crippen LogP contribution in [0.4, 0.5) is 10.5 Å². The number of nitrogens with zero attached hydrogens (tertiary/aromatic N) is 3. The van der Waals surface area contributed by atoms with Crippen LogP contribution in [0.2, 0.25) is 0 Å². The molecule has 0 radical (unpaired) electrons. The lowest BCUT2D eigenvalue weighted by atomic mass is 9.93. The molecule has 0 unspecified atom stereocenters. The van der Waals surface area contributed by atoms with Gasteiger partial charge in [-0.25, -0.2) is 9.48 Å². The number of fused-ring (bicyclic) bond motifs is 1. The van der Waals surface area contributed by atoms with E-state index in [-0.39, 0.29) is 6.03 Å². The van der Waals surface area contributed by atoms with Crippen LogP contribution in [0.1, 0.15) is 27.9 Å². The second-order valence-electron chi connectivity index (χ2n) is 7.23. The number of anilines is 1. The van der Waals surface area contributed by atoms with E-state index in [9.17, 15) is 4.79 Å². The van der Waals surface area contributed by atoms with E-state index >= 15 is 0 Å². The number of carbonyl (C=O) groups is 1. The first-order valence-corrected chi connectivity index (χ1v) is 9.28. The van der Waals surface area contributed by atoms with Crippen LogP contribution in [0.25, 0.3) is 5.69 Å². The summed E-state index contributed by atoms with van der Waals surface area (Å²) < 4.78 is 1.79. The van der Waals surface area contributed by atoms with Gasteiger partial charge in [-0.15, -0.1) is 0 Å². The van der Waals surface area contributed by atoms with Crippen molar-refractivity contribution >= 4 is 11.7 Å². The Hall–Kier alpha value is -3.08. The van der Waals surface area contributed by atoms with Gasteiger partial charge in [-0.05, 0) is 56.0 Å². The van der Waals surface area contributed by atoms with E-state index in [1.807, 2.05) is 48.4 Å². The number of urea groups is 1. The Bertz CT molecular complexity index is 991. The summed E-state index contributed by atoms with van der Waals surface area (Å²) in [6, 6.07) is 14.2. The molecule has 4 rings (SSSR count). The Kier molecular flexibility index (Phi) is 4.44. The van der Waals surface area contributed by atoms with Gasteiger partial charge in [0.05, 0.1) is 23.3 Å². The number of aryl methyl sites for hydroxylation is 3. The maximum Gasteiger partial charge on any atom is 0.322 e. The number of hydrogen-bond donors (Lipinski definition) is 1. The smallest absolute Gasteiger partial charge is 0.320 e. The molecule has 2 aromatic carbocycles. The summed E-state index contributed by atoms with van der Waals surface area (Å²) in [4.78, 5) is 14.7. The van der Waals surface area contributed by atoms with Crippen molar-refractivity contribution < 1.29 is 4.79 Å². The first-order valence-electron chi connectivity index (χ1n) is 9.28. The Labute approximate surface area is 159 Å². The molecule has 0 saturated heterocycles. The third-order valence-electron chi connectivity index (χ3n) is 5.15. The summed E-state index contributed by atoms with van der Waals surface area (Å²) >= 11 is 0. The van der Waals surface area contributed by atoms with Crippen molar-refractivity contribution in [2.75, 3.05) is 11.9 Å². The molecule has 138 valence electrons. The molecule has 1 aliphatic rings. The number of rotatable bonds is 2. The summed E-state index contributed by atoms with van der Waals surface area (Å²) in [5.74, 6) is 0. The van der Waals surface area contributed by atoms with Crippen LogP contribution in [-0.2, 0) is 13.0 Å². The molecule has 0 atom stereocenters. The molecule has 0 saturated carbocycles. The third-order valence-corrected chi connectivity index (χ3v) is 5.15. The van der Waals surface area contributed by atoms with E-state index in [4.69, 9.17) is 0 Å². The molecular formula is C22H24N4O. The highest BCUT2D eigenvalue weighted by atomic mass is 16.2. The molecule has 27 heavy (non-hydrogen) atoms. The quantitative estimate of drug-likeness (QED) is 0.737. The van der Waals surface area contributed by atoms with Gasteiger partial charge >= 0.3 is 6.03 Å². The highest BCUT2D eigenvalue weighted by Gasteiger charge is 2.23. The Balaban J connectivity index is 1.51. The van der Waals surface area contributed by atoms with Crippen molar-refractivity contribution in [3.05, 3.63) is 76.6 Å². The summed E-state index contributed by atoms with van der Waals surface area (Å²) in [6.07, 6.45) is 2.77. The van der Waals surface area contributed by atoms with Crippen LogP contribution in [0.3, 0.4) is 0 Å². The standard InChI is InChI=1S/C22H24N4O/c1-15-11-16(2)20-9-10-25(13-18(20)12-15)22(27)23-21-14-26(24-17(21)3)19-7-5-4-6-8-19/h4-8,11-12,14H,9-10,13H2,1-3H3,(H,23,27). The minimum Gasteiger partial charge on any atom is -0.320 e. The maximum atomic E-state index is 12.8. The predicted molar refractivity (Wildman–Crippen MR) is 107 cm³/mol. The van der Waals surface area contributed by atoms with Crippen LogP contribution < -0.4 is 5.32 Å². The summed E-state index contributed by atoms with van der Waals surface area (Å²) in [5.41, 5.74) is 7.73. The fraction of sp³-hybridized carbons (Fsp3) is 0.273. The van der Waals surface area contributed by atoms with E-state index in [1.54, 1.807) is 4.68 Å². The zero-order chi connectivity index (χ0) is 19.0. The van der Waals surface area contributed by atoms with Crippen molar-refractivity contribution in [3.8, 4) is 5.69 Å². The monoisotopic (exact) mass is 360 g/mol. The van der Waals surface area contributed by atoms with Crippen LogP contribution in [0, 0.1) is 20.8 Å². The van der Waals surface area contributed by atoms with Gasteiger partial charge in [0.15, 0.2) is 0 Å². The van der Waals surface area contributed by atoms with E-state index in [1.165, 1.54) is 22.3 Å². The Morgan fingerprint density at radius 1 is 1.11 bits per heavy atom. The maximum absolute atomic E-state index is 12.8. The number of amides is 2. The SMILES string of the molecule is Cc1cc(C)c2c(c1)CN(C(=O)Nc1cn(-c3ccccc3)nc1C)CC2. The number of nitrogens with one attached hydrogen (secondary N) is 1. The van der Waals surface area contributed by atoms with Crippen LogP contribution in [-0.4, -0.2) is 27.3 Å². The molecule has 5 nitrogen and oxygen atoms in total. The van der Waals surface area contributed by atoms with Crippen LogP contribution >= 0.6 is 0 Å². The topological polar surface area (TPSA) is 50.2 Å². The fourth-order valence-corrected chi connectivity index (χ4v) is 3.78. The van der Waals surface area contributed by atoms with Crippen LogP contribution in [0.5, 0.6) is 0 Å². The lowest BCUT2D eigenvalue weighted by Crippen LogP contribution is -2.39. The van der Waals surface area contributed by atoms with Gasteiger partial charge in [0.25, 0.3) is 0 Å². The van der Waals surface area contributed by atoms with Crippen molar-refractivity contribution in [2.45, 2.75) is 33.7 Å². The van der Waals surface area contributed by atoms with E-state index in [0.717, 1.165) is 30.0 Å². The number of hydrogen-bond acceptors (Lipinski definition) is 2. The fourth-order valence-electron chi connectivity index (χ4n) is 3.78. The minimum absolute atomic E-state index is 0.0736. The second kappa shape index (κ2) is 6.91.